The van der Waals surface area contributed by atoms with Gasteiger partial charge in [-0.15, -0.1) is 0 Å². The van der Waals surface area contributed by atoms with Gasteiger partial charge in [0.25, 0.3) is 0 Å². The fourth-order valence-electron chi connectivity index (χ4n) is 1.84. The molecule has 0 radical (unpaired) electrons. The fourth-order valence-corrected chi connectivity index (χ4v) is 2.26. The van der Waals surface area contributed by atoms with E-state index in [1.807, 2.05) is 25.5 Å². The van der Waals surface area contributed by atoms with E-state index in [0.717, 1.165) is 22.4 Å². The average Bonchev–Trinajstić information content (AvgIpc) is 2.60. The molecule has 0 aromatic carbocycles. The van der Waals surface area contributed by atoms with Gasteiger partial charge in [-0.05, 0) is 43.6 Å². The molecule has 0 saturated carbocycles. The Morgan fingerprint density at radius 1 is 1.47 bits per heavy atom. The molecule has 0 aliphatic heterocycles. The van der Waals surface area contributed by atoms with Crippen LogP contribution in [0.3, 0.4) is 0 Å². The fraction of sp³-hybridized carbons (Fsp3) is 0.692. The second kappa shape index (κ2) is 7.65. The van der Waals surface area contributed by atoms with Crippen LogP contribution in [0.15, 0.2) is 4.47 Å². The van der Waals surface area contributed by atoms with E-state index in [1.165, 1.54) is 0 Å². The molecule has 0 bridgehead atoms. The largest absolute Gasteiger partial charge is 0.354 e. The summed E-state index contributed by atoms with van der Waals surface area (Å²) >= 11 is 3.55. The Balaban J connectivity index is 2.39. The SMILES string of the molecule is CCn1nc(C)c(Br)c1CNCCC(=O)NC(C)C. The maximum atomic E-state index is 11.5. The maximum absolute atomic E-state index is 11.5. The molecule has 108 valence electrons. The Morgan fingerprint density at radius 2 is 2.16 bits per heavy atom. The van der Waals surface area contributed by atoms with Crippen molar-refractivity contribution in [2.75, 3.05) is 6.54 Å². The highest BCUT2D eigenvalue weighted by Gasteiger charge is 2.11. The van der Waals surface area contributed by atoms with Gasteiger partial charge in [0, 0.05) is 32.1 Å². The Kier molecular flexibility index (Phi) is 6.51. The molecule has 0 saturated heterocycles. The summed E-state index contributed by atoms with van der Waals surface area (Å²) in [6, 6.07) is 0.200. The number of hydrogen-bond donors (Lipinski definition) is 2. The second-order valence-corrected chi connectivity index (χ2v) is 5.60. The quantitative estimate of drug-likeness (QED) is 0.751. The van der Waals surface area contributed by atoms with Crippen LogP contribution in [0, 0.1) is 6.92 Å². The van der Waals surface area contributed by atoms with Gasteiger partial charge in [0.15, 0.2) is 0 Å². The number of nitrogens with zero attached hydrogens (tertiary/aromatic N) is 2. The second-order valence-electron chi connectivity index (χ2n) is 4.81. The summed E-state index contributed by atoms with van der Waals surface area (Å²) in [6.07, 6.45) is 0.495. The molecule has 0 atom stereocenters. The van der Waals surface area contributed by atoms with E-state index in [-0.39, 0.29) is 11.9 Å². The van der Waals surface area contributed by atoms with Crippen LogP contribution in [0.2, 0.25) is 0 Å². The van der Waals surface area contributed by atoms with Gasteiger partial charge in [-0.1, -0.05) is 0 Å². The van der Waals surface area contributed by atoms with Gasteiger partial charge in [0.05, 0.1) is 15.9 Å². The topological polar surface area (TPSA) is 59.0 Å². The number of rotatable bonds is 7. The summed E-state index contributed by atoms with van der Waals surface area (Å²) in [5.41, 5.74) is 2.13. The minimum Gasteiger partial charge on any atom is -0.354 e. The number of aromatic nitrogens is 2. The summed E-state index contributed by atoms with van der Waals surface area (Å²) in [5, 5.41) is 10.6. The van der Waals surface area contributed by atoms with Crippen LogP contribution in [0.4, 0.5) is 0 Å². The number of hydrogen-bond acceptors (Lipinski definition) is 3. The van der Waals surface area contributed by atoms with E-state index in [4.69, 9.17) is 0 Å². The number of amides is 1. The van der Waals surface area contributed by atoms with Crippen molar-refractivity contribution in [2.24, 2.45) is 0 Å². The predicted molar refractivity (Wildman–Crippen MR) is 79.9 cm³/mol. The van der Waals surface area contributed by atoms with E-state index in [2.05, 4.69) is 38.6 Å². The van der Waals surface area contributed by atoms with Crippen LogP contribution in [0.5, 0.6) is 0 Å². The number of halogens is 1. The minimum absolute atomic E-state index is 0.0849. The van der Waals surface area contributed by atoms with Gasteiger partial charge in [-0.2, -0.15) is 5.10 Å². The Bertz CT molecular complexity index is 429. The molecule has 0 fully saturated rings. The first-order chi connectivity index (χ1) is 8.95. The van der Waals surface area contributed by atoms with Crippen LogP contribution in [-0.4, -0.2) is 28.3 Å². The highest BCUT2D eigenvalue weighted by atomic mass is 79.9. The highest BCUT2D eigenvalue weighted by molar-refractivity contribution is 9.10. The summed E-state index contributed by atoms with van der Waals surface area (Å²) in [4.78, 5) is 11.5. The van der Waals surface area contributed by atoms with Crippen molar-refractivity contribution in [3.63, 3.8) is 0 Å². The smallest absolute Gasteiger partial charge is 0.221 e. The standard InChI is InChI=1S/C13H23BrN4O/c1-5-18-11(13(14)10(4)17-18)8-15-7-6-12(19)16-9(2)3/h9,15H,5-8H2,1-4H3,(H,16,19). The molecule has 1 amide bonds. The molecule has 19 heavy (non-hydrogen) atoms. The molecule has 0 aliphatic carbocycles. The van der Waals surface area contributed by atoms with E-state index in [1.54, 1.807) is 0 Å². The first-order valence-corrected chi connectivity index (χ1v) is 7.46. The summed E-state index contributed by atoms with van der Waals surface area (Å²) in [6.45, 7) is 10.2. The van der Waals surface area contributed by atoms with Crippen molar-refractivity contribution in [2.45, 2.75) is 53.2 Å². The normalized spacial score (nSPS) is 11.1. The lowest BCUT2D eigenvalue weighted by Gasteiger charge is -2.09. The monoisotopic (exact) mass is 330 g/mol. The third-order valence-electron chi connectivity index (χ3n) is 2.72. The Labute approximate surface area is 123 Å². The molecule has 1 rings (SSSR count). The summed E-state index contributed by atoms with van der Waals surface area (Å²) in [5.74, 6) is 0.0849. The van der Waals surface area contributed by atoms with Crippen molar-refractivity contribution < 1.29 is 4.79 Å². The van der Waals surface area contributed by atoms with Crippen LogP contribution >= 0.6 is 15.9 Å². The van der Waals surface area contributed by atoms with Crippen LogP contribution in [-0.2, 0) is 17.9 Å². The van der Waals surface area contributed by atoms with Gasteiger partial charge in [-0.25, -0.2) is 0 Å². The Hall–Kier alpha value is -0.880. The van der Waals surface area contributed by atoms with Crippen LogP contribution in [0.1, 0.15) is 38.6 Å². The third-order valence-corrected chi connectivity index (χ3v) is 3.76. The maximum Gasteiger partial charge on any atom is 0.221 e. The van der Waals surface area contributed by atoms with E-state index >= 15 is 0 Å². The van der Waals surface area contributed by atoms with Crippen LogP contribution in [0.25, 0.3) is 0 Å². The molecular weight excluding hydrogens is 308 g/mol. The van der Waals surface area contributed by atoms with Crippen molar-refractivity contribution in [3.8, 4) is 0 Å². The van der Waals surface area contributed by atoms with Gasteiger partial charge < -0.3 is 10.6 Å². The number of nitrogens with one attached hydrogen (secondary N) is 2. The molecule has 2 N–H and O–H groups in total. The van der Waals surface area contributed by atoms with Gasteiger partial charge in [0.2, 0.25) is 5.91 Å². The molecule has 0 unspecified atom stereocenters. The molecule has 1 heterocycles. The molecule has 6 heteroatoms. The molecular formula is C13H23BrN4O. The average molecular weight is 331 g/mol. The van der Waals surface area contributed by atoms with Gasteiger partial charge >= 0.3 is 0 Å². The molecule has 0 spiro atoms. The van der Waals surface area contributed by atoms with E-state index in [0.29, 0.717) is 19.5 Å². The molecule has 5 nitrogen and oxygen atoms in total. The highest BCUT2D eigenvalue weighted by Crippen LogP contribution is 2.20. The third kappa shape index (κ3) is 4.95. The first kappa shape index (κ1) is 16.2. The van der Waals surface area contributed by atoms with Gasteiger partial charge in [-0.3, -0.25) is 9.48 Å². The van der Waals surface area contributed by atoms with Crippen LogP contribution < -0.4 is 10.6 Å². The predicted octanol–water partition coefficient (Wildman–Crippen LogP) is 1.98. The van der Waals surface area contributed by atoms with Gasteiger partial charge in [0.1, 0.15) is 0 Å². The molecule has 1 aromatic heterocycles. The minimum atomic E-state index is 0.0849. The molecule has 0 aliphatic rings. The van der Waals surface area contributed by atoms with Crippen molar-refractivity contribution in [1.82, 2.24) is 20.4 Å². The van der Waals surface area contributed by atoms with Crippen molar-refractivity contribution in [3.05, 3.63) is 15.9 Å². The summed E-state index contributed by atoms with van der Waals surface area (Å²) in [7, 11) is 0. The number of carbonyl (C=O) groups is 1. The zero-order chi connectivity index (χ0) is 14.4. The Morgan fingerprint density at radius 3 is 2.74 bits per heavy atom. The van der Waals surface area contributed by atoms with Crippen molar-refractivity contribution >= 4 is 21.8 Å². The van der Waals surface area contributed by atoms with Crippen molar-refractivity contribution in [1.29, 1.82) is 0 Å². The molecule has 1 aromatic rings. The lowest BCUT2D eigenvalue weighted by Crippen LogP contribution is -2.32. The number of aryl methyl sites for hydroxylation is 2. The number of carbonyl (C=O) groups excluding carboxylic acids is 1. The lowest BCUT2D eigenvalue weighted by molar-refractivity contribution is -0.121. The zero-order valence-corrected chi connectivity index (χ0v) is 13.7. The lowest BCUT2D eigenvalue weighted by atomic mass is 10.3. The van der Waals surface area contributed by atoms with E-state index < -0.39 is 0 Å². The zero-order valence-electron chi connectivity index (χ0n) is 12.1. The van der Waals surface area contributed by atoms with E-state index in [9.17, 15) is 4.79 Å². The summed E-state index contributed by atoms with van der Waals surface area (Å²) < 4.78 is 3.02. The first-order valence-electron chi connectivity index (χ1n) is 6.67.